The second kappa shape index (κ2) is 7.93. The zero-order chi connectivity index (χ0) is 16.1. The van der Waals surface area contributed by atoms with E-state index in [1.54, 1.807) is 0 Å². The van der Waals surface area contributed by atoms with Crippen LogP contribution in [-0.2, 0) is 4.74 Å². The Labute approximate surface area is 139 Å². The van der Waals surface area contributed by atoms with E-state index in [0.29, 0.717) is 11.8 Å². The molecule has 0 bridgehead atoms. The van der Waals surface area contributed by atoms with Crippen molar-refractivity contribution in [3.05, 3.63) is 35.4 Å². The molecule has 0 radical (unpaired) electrons. The van der Waals surface area contributed by atoms with Crippen molar-refractivity contribution in [1.82, 2.24) is 10.2 Å². The number of rotatable bonds is 5. The highest BCUT2D eigenvalue weighted by atomic mass is 16.5. The topological polar surface area (TPSA) is 41.6 Å². The molecule has 1 amide bonds. The maximum atomic E-state index is 13.1. The molecule has 2 aliphatic rings. The van der Waals surface area contributed by atoms with Gasteiger partial charge in [0.15, 0.2) is 0 Å². The number of carbonyl (C=O) groups is 1. The molecule has 3 rings (SSSR count). The van der Waals surface area contributed by atoms with Crippen LogP contribution in [0.1, 0.15) is 48.0 Å². The third kappa shape index (κ3) is 3.93. The van der Waals surface area contributed by atoms with Crippen LogP contribution >= 0.6 is 0 Å². The van der Waals surface area contributed by atoms with Gasteiger partial charge in [-0.25, -0.2) is 0 Å². The van der Waals surface area contributed by atoms with Gasteiger partial charge in [-0.15, -0.1) is 0 Å². The number of nitrogens with zero attached hydrogens (tertiary/aromatic N) is 1. The molecule has 1 aromatic carbocycles. The van der Waals surface area contributed by atoms with Gasteiger partial charge in [0.1, 0.15) is 0 Å². The van der Waals surface area contributed by atoms with Gasteiger partial charge in [-0.05, 0) is 56.2 Å². The lowest BCUT2D eigenvalue weighted by Crippen LogP contribution is -2.37. The second-order valence-corrected chi connectivity index (χ2v) is 6.68. The highest BCUT2D eigenvalue weighted by Crippen LogP contribution is 2.27. The highest BCUT2D eigenvalue weighted by molar-refractivity contribution is 5.96. The van der Waals surface area contributed by atoms with Crippen LogP contribution in [0.4, 0.5) is 0 Å². The quantitative estimate of drug-likeness (QED) is 0.908. The zero-order valence-corrected chi connectivity index (χ0v) is 14.1. The third-order valence-electron chi connectivity index (χ3n) is 5.18. The number of hydrogen-bond donors (Lipinski definition) is 1. The summed E-state index contributed by atoms with van der Waals surface area (Å²) in [6.45, 7) is 7.41. The van der Waals surface area contributed by atoms with Crippen LogP contribution in [-0.4, -0.2) is 50.2 Å². The molecule has 1 aromatic rings. The van der Waals surface area contributed by atoms with Crippen LogP contribution in [0, 0.1) is 5.92 Å². The van der Waals surface area contributed by atoms with Crippen molar-refractivity contribution < 1.29 is 9.53 Å². The summed E-state index contributed by atoms with van der Waals surface area (Å²) >= 11 is 0. The van der Waals surface area contributed by atoms with Gasteiger partial charge in [-0.1, -0.05) is 18.2 Å². The average Bonchev–Trinajstić information content (AvgIpc) is 3.14. The first-order valence-corrected chi connectivity index (χ1v) is 8.96. The second-order valence-electron chi connectivity index (χ2n) is 6.68. The van der Waals surface area contributed by atoms with Crippen molar-refractivity contribution in [1.29, 1.82) is 0 Å². The molecule has 2 saturated heterocycles. The molecule has 4 heteroatoms. The van der Waals surface area contributed by atoms with Gasteiger partial charge in [-0.2, -0.15) is 0 Å². The van der Waals surface area contributed by atoms with Gasteiger partial charge in [0.2, 0.25) is 0 Å². The van der Waals surface area contributed by atoms with Crippen LogP contribution in [0.25, 0.3) is 0 Å². The Balaban J connectivity index is 1.74. The van der Waals surface area contributed by atoms with Crippen molar-refractivity contribution in [3.63, 3.8) is 0 Å². The molecule has 0 saturated carbocycles. The Bertz CT molecular complexity index is 520. The summed E-state index contributed by atoms with van der Waals surface area (Å²) in [5.41, 5.74) is 2.11. The fourth-order valence-corrected chi connectivity index (χ4v) is 3.73. The highest BCUT2D eigenvalue weighted by Gasteiger charge is 2.26. The first-order chi connectivity index (χ1) is 11.3. The van der Waals surface area contributed by atoms with Gasteiger partial charge in [0.05, 0.1) is 0 Å². The van der Waals surface area contributed by atoms with E-state index in [-0.39, 0.29) is 5.91 Å². The van der Waals surface area contributed by atoms with E-state index in [1.807, 2.05) is 17.0 Å². The van der Waals surface area contributed by atoms with Crippen molar-refractivity contribution in [2.24, 2.45) is 5.92 Å². The molecule has 2 aliphatic heterocycles. The summed E-state index contributed by atoms with van der Waals surface area (Å²) < 4.78 is 5.44. The Hall–Kier alpha value is -1.39. The molecule has 126 valence electrons. The Morgan fingerprint density at radius 2 is 2.04 bits per heavy atom. The number of carbonyl (C=O) groups excluding carboxylic acids is 1. The summed E-state index contributed by atoms with van der Waals surface area (Å²) in [5, 5.41) is 3.41. The van der Waals surface area contributed by atoms with Crippen LogP contribution in [0.3, 0.4) is 0 Å². The normalized spacial score (nSPS) is 22.2. The van der Waals surface area contributed by atoms with E-state index in [1.165, 1.54) is 5.56 Å². The standard InChI is InChI=1S/C19H28N2O2/c1-2-21(14-15-8-11-23-12-9-15)19(22)18-6-4-3-5-17(18)16-7-10-20-13-16/h3-6,15-16,20H,2,7-14H2,1H3/t16-/m0/s1. The largest absolute Gasteiger partial charge is 0.381 e. The van der Waals surface area contributed by atoms with Gasteiger partial charge >= 0.3 is 0 Å². The smallest absolute Gasteiger partial charge is 0.254 e. The van der Waals surface area contributed by atoms with Crippen molar-refractivity contribution in [2.75, 3.05) is 39.4 Å². The summed E-state index contributed by atoms with van der Waals surface area (Å²) in [4.78, 5) is 15.1. The first-order valence-electron chi connectivity index (χ1n) is 8.96. The maximum Gasteiger partial charge on any atom is 0.254 e. The first kappa shape index (κ1) is 16.5. The predicted molar refractivity (Wildman–Crippen MR) is 91.8 cm³/mol. The lowest BCUT2D eigenvalue weighted by molar-refractivity contribution is 0.0466. The summed E-state index contributed by atoms with van der Waals surface area (Å²) in [5.74, 6) is 1.24. The number of amides is 1. The molecule has 0 aliphatic carbocycles. The van der Waals surface area contributed by atoms with E-state index >= 15 is 0 Å². The molecule has 4 nitrogen and oxygen atoms in total. The van der Waals surface area contributed by atoms with Crippen LogP contribution in [0.15, 0.2) is 24.3 Å². The Morgan fingerprint density at radius 1 is 1.26 bits per heavy atom. The van der Waals surface area contributed by atoms with E-state index < -0.39 is 0 Å². The molecule has 23 heavy (non-hydrogen) atoms. The van der Waals surface area contributed by atoms with Gasteiger partial charge in [0.25, 0.3) is 5.91 Å². The van der Waals surface area contributed by atoms with E-state index in [0.717, 1.165) is 64.2 Å². The SMILES string of the molecule is CCN(CC1CCOCC1)C(=O)c1ccccc1[C@H]1CCNC1. The van der Waals surface area contributed by atoms with Crippen LogP contribution in [0.5, 0.6) is 0 Å². The Morgan fingerprint density at radius 3 is 2.74 bits per heavy atom. The van der Waals surface area contributed by atoms with Crippen molar-refractivity contribution in [3.8, 4) is 0 Å². The van der Waals surface area contributed by atoms with Gasteiger partial charge < -0.3 is 15.0 Å². The number of ether oxygens (including phenoxy) is 1. The van der Waals surface area contributed by atoms with E-state index in [9.17, 15) is 4.79 Å². The van der Waals surface area contributed by atoms with Gasteiger partial charge in [0, 0.05) is 38.4 Å². The molecule has 0 unspecified atom stereocenters. The molecule has 2 heterocycles. The van der Waals surface area contributed by atoms with Crippen molar-refractivity contribution in [2.45, 2.75) is 32.1 Å². The predicted octanol–water partition coefficient (Wildman–Crippen LogP) is 2.65. The molecular weight excluding hydrogens is 288 g/mol. The van der Waals surface area contributed by atoms with Crippen molar-refractivity contribution >= 4 is 5.91 Å². The summed E-state index contributed by atoms with van der Waals surface area (Å²) in [6, 6.07) is 8.18. The fourth-order valence-electron chi connectivity index (χ4n) is 3.73. The minimum absolute atomic E-state index is 0.196. The molecule has 2 fully saturated rings. The van der Waals surface area contributed by atoms with Crippen LogP contribution in [0.2, 0.25) is 0 Å². The zero-order valence-electron chi connectivity index (χ0n) is 14.1. The summed E-state index contributed by atoms with van der Waals surface area (Å²) in [7, 11) is 0. The van der Waals surface area contributed by atoms with E-state index in [4.69, 9.17) is 4.74 Å². The molecule has 0 aromatic heterocycles. The number of benzene rings is 1. The number of nitrogens with one attached hydrogen (secondary N) is 1. The minimum Gasteiger partial charge on any atom is -0.381 e. The number of hydrogen-bond acceptors (Lipinski definition) is 3. The maximum absolute atomic E-state index is 13.1. The average molecular weight is 316 g/mol. The minimum atomic E-state index is 0.196. The van der Waals surface area contributed by atoms with Gasteiger partial charge in [-0.3, -0.25) is 4.79 Å². The molecule has 1 atom stereocenters. The fraction of sp³-hybridized carbons (Fsp3) is 0.632. The third-order valence-corrected chi connectivity index (χ3v) is 5.18. The van der Waals surface area contributed by atoms with E-state index in [2.05, 4.69) is 24.4 Å². The molecular formula is C19H28N2O2. The monoisotopic (exact) mass is 316 g/mol. The molecule has 1 N–H and O–H groups in total. The lowest BCUT2D eigenvalue weighted by Gasteiger charge is -2.30. The van der Waals surface area contributed by atoms with Crippen LogP contribution < -0.4 is 5.32 Å². The summed E-state index contributed by atoms with van der Waals surface area (Å²) in [6.07, 6.45) is 3.26. The Kier molecular flexibility index (Phi) is 5.68. The lowest BCUT2D eigenvalue weighted by atomic mass is 9.92. The molecule has 0 spiro atoms.